The fourth-order valence-corrected chi connectivity index (χ4v) is 1.15. The number of carbonyl (C=O) groups is 1. The normalized spacial score (nSPS) is 17.0. The molecule has 1 aromatic rings. The van der Waals surface area contributed by atoms with E-state index in [1.807, 2.05) is 0 Å². The number of ether oxygens (including phenoxy) is 2. The Balaban J connectivity index is 1.92. The van der Waals surface area contributed by atoms with Gasteiger partial charge in [0.15, 0.2) is 5.69 Å². The average molecular weight is 186 g/mol. The molecule has 2 heterocycles. The Kier molecular flexibility index (Phi) is 2.01. The largest absolute Gasteiger partial charge is 0.453 e. The third kappa shape index (κ3) is 1.44. The molecule has 1 fully saturated rings. The van der Waals surface area contributed by atoms with Crippen molar-refractivity contribution in [1.29, 1.82) is 0 Å². The van der Waals surface area contributed by atoms with E-state index in [2.05, 4.69) is 8.75 Å². The van der Waals surface area contributed by atoms with Gasteiger partial charge >= 0.3 is 5.97 Å². The van der Waals surface area contributed by atoms with Crippen molar-refractivity contribution >= 4 is 17.7 Å². The van der Waals surface area contributed by atoms with E-state index in [9.17, 15) is 4.79 Å². The lowest BCUT2D eigenvalue weighted by Gasteiger charge is -2.24. The van der Waals surface area contributed by atoms with Gasteiger partial charge in [-0.05, 0) is 0 Å². The van der Waals surface area contributed by atoms with Crippen LogP contribution in [-0.4, -0.2) is 34.0 Å². The minimum absolute atomic E-state index is 0.0980. The van der Waals surface area contributed by atoms with Gasteiger partial charge in [0.05, 0.1) is 31.1 Å². The standard InChI is InChI=1S/C6H6N2O3S/c9-6(5-1-7-12-8-5)11-4-2-10-3-4/h1,4H,2-3H2. The first kappa shape index (κ1) is 7.63. The predicted molar refractivity (Wildman–Crippen MR) is 39.9 cm³/mol. The number of aromatic nitrogens is 2. The van der Waals surface area contributed by atoms with E-state index in [1.54, 1.807) is 0 Å². The molecule has 0 spiro atoms. The van der Waals surface area contributed by atoms with Crippen LogP contribution in [0.25, 0.3) is 0 Å². The lowest BCUT2D eigenvalue weighted by molar-refractivity contribution is -0.103. The van der Waals surface area contributed by atoms with E-state index in [1.165, 1.54) is 6.20 Å². The molecule has 0 aromatic carbocycles. The van der Waals surface area contributed by atoms with Gasteiger partial charge in [-0.15, -0.1) is 0 Å². The monoisotopic (exact) mass is 186 g/mol. The summed E-state index contributed by atoms with van der Waals surface area (Å²) >= 11 is 0.989. The summed E-state index contributed by atoms with van der Waals surface area (Å²) in [6.07, 6.45) is 1.30. The maximum Gasteiger partial charge on any atom is 0.360 e. The SMILES string of the molecule is O=C(OC1COC1)c1cnsn1. The van der Waals surface area contributed by atoms with Crippen LogP contribution in [0.1, 0.15) is 10.5 Å². The molecule has 1 aliphatic rings. The van der Waals surface area contributed by atoms with Gasteiger partial charge in [0, 0.05) is 0 Å². The molecule has 0 bridgehead atoms. The van der Waals surface area contributed by atoms with Gasteiger partial charge in [-0.25, -0.2) is 4.79 Å². The highest BCUT2D eigenvalue weighted by atomic mass is 32.1. The highest BCUT2D eigenvalue weighted by Gasteiger charge is 2.24. The zero-order valence-electron chi connectivity index (χ0n) is 6.10. The Morgan fingerprint density at radius 1 is 1.75 bits per heavy atom. The Hall–Kier alpha value is -1.01. The number of rotatable bonds is 2. The van der Waals surface area contributed by atoms with Crippen molar-refractivity contribution in [3.05, 3.63) is 11.9 Å². The number of carbonyl (C=O) groups excluding carboxylic acids is 1. The summed E-state index contributed by atoms with van der Waals surface area (Å²) < 4.78 is 17.2. The second-order valence-corrected chi connectivity index (χ2v) is 2.91. The molecular formula is C6H6N2O3S. The van der Waals surface area contributed by atoms with Crippen LogP contribution in [0.3, 0.4) is 0 Å². The fourth-order valence-electron chi connectivity index (χ4n) is 0.748. The van der Waals surface area contributed by atoms with Gasteiger partial charge in [-0.2, -0.15) is 8.75 Å². The van der Waals surface area contributed by atoms with Crippen LogP contribution in [0.15, 0.2) is 6.20 Å². The first-order valence-corrected chi connectivity index (χ1v) is 4.15. The van der Waals surface area contributed by atoms with Crippen LogP contribution in [0.2, 0.25) is 0 Å². The predicted octanol–water partition coefficient (Wildman–Crippen LogP) is 0.0937. The average Bonchev–Trinajstić information content (AvgIpc) is 2.47. The molecule has 0 saturated carbocycles. The van der Waals surface area contributed by atoms with Crippen molar-refractivity contribution in [2.75, 3.05) is 13.2 Å². The van der Waals surface area contributed by atoms with Crippen LogP contribution in [0.5, 0.6) is 0 Å². The first-order chi connectivity index (χ1) is 5.86. The van der Waals surface area contributed by atoms with Crippen molar-refractivity contribution in [3.8, 4) is 0 Å². The maximum absolute atomic E-state index is 11.1. The number of nitrogens with zero attached hydrogens (tertiary/aromatic N) is 2. The van der Waals surface area contributed by atoms with E-state index < -0.39 is 5.97 Å². The molecule has 5 nitrogen and oxygen atoms in total. The number of hydrogen-bond donors (Lipinski definition) is 0. The molecular weight excluding hydrogens is 180 g/mol. The Morgan fingerprint density at radius 3 is 3.08 bits per heavy atom. The highest BCUT2D eigenvalue weighted by Crippen LogP contribution is 2.08. The molecule has 1 aromatic heterocycles. The third-order valence-corrected chi connectivity index (χ3v) is 1.93. The summed E-state index contributed by atoms with van der Waals surface area (Å²) in [5, 5.41) is 0. The van der Waals surface area contributed by atoms with E-state index in [4.69, 9.17) is 9.47 Å². The van der Waals surface area contributed by atoms with E-state index in [-0.39, 0.29) is 11.8 Å². The van der Waals surface area contributed by atoms with Crippen LogP contribution >= 0.6 is 11.7 Å². The summed E-state index contributed by atoms with van der Waals surface area (Å²) in [7, 11) is 0. The molecule has 0 radical (unpaired) electrons. The first-order valence-electron chi connectivity index (χ1n) is 3.42. The van der Waals surface area contributed by atoms with Gasteiger partial charge in [-0.3, -0.25) is 0 Å². The molecule has 0 atom stereocenters. The zero-order chi connectivity index (χ0) is 8.39. The van der Waals surface area contributed by atoms with Crippen LogP contribution < -0.4 is 0 Å². The number of esters is 1. The minimum Gasteiger partial charge on any atom is -0.453 e. The van der Waals surface area contributed by atoms with Gasteiger partial charge in [0.25, 0.3) is 0 Å². The molecule has 1 aliphatic heterocycles. The molecule has 6 heteroatoms. The lowest BCUT2D eigenvalue weighted by Crippen LogP contribution is -2.37. The molecule has 0 amide bonds. The summed E-state index contributed by atoms with van der Waals surface area (Å²) in [5.41, 5.74) is 0.270. The quantitative estimate of drug-likeness (QED) is 0.613. The molecule has 64 valence electrons. The molecule has 0 N–H and O–H groups in total. The third-order valence-electron chi connectivity index (χ3n) is 1.45. The summed E-state index contributed by atoms with van der Waals surface area (Å²) in [4.78, 5) is 11.1. The van der Waals surface area contributed by atoms with Crippen LogP contribution in [0, 0.1) is 0 Å². The van der Waals surface area contributed by atoms with Crippen molar-refractivity contribution in [2.45, 2.75) is 6.10 Å². The maximum atomic E-state index is 11.1. The van der Waals surface area contributed by atoms with Crippen molar-refractivity contribution in [3.63, 3.8) is 0 Å². The molecule has 12 heavy (non-hydrogen) atoms. The highest BCUT2D eigenvalue weighted by molar-refractivity contribution is 6.99. The van der Waals surface area contributed by atoms with Gasteiger partial charge in [0.1, 0.15) is 6.10 Å². The van der Waals surface area contributed by atoms with Crippen molar-refractivity contribution < 1.29 is 14.3 Å². The van der Waals surface area contributed by atoms with Gasteiger partial charge in [0.2, 0.25) is 0 Å². The molecule has 0 aliphatic carbocycles. The van der Waals surface area contributed by atoms with Crippen LogP contribution in [0.4, 0.5) is 0 Å². The van der Waals surface area contributed by atoms with E-state index >= 15 is 0 Å². The van der Waals surface area contributed by atoms with E-state index in [0.717, 1.165) is 11.7 Å². The summed E-state index contributed by atoms with van der Waals surface area (Å²) in [5.74, 6) is -0.419. The second kappa shape index (κ2) is 3.16. The Bertz CT molecular complexity index is 270. The van der Waals surface area contributed by atoms with Gasteiger partial charge < -0.3 is 9.47 Å². The van der Waals surface area contributed by atoms with Crippen molar-refractivity contribution in [1.82, 2.24) is 8.75 Å². The van der Waals surface area contributed by atoms with E-state index in [0.29, 0.717) is 13.2 Å². The Labute approximate surface area is 72.6 Å². The fraction of sp³-hybridized carbons (Fsp3) is 0.500. The van der Waals surface area contributed by atoms with Crippen molar-refractivity contribution in [2.24, 2.45) is 0 Å². The summed E-state index contributed by atoms with van der Waals surface area (Å²) in [6.45, 7) is 0.979. The van der Waals surface area contributed by atoms with Crippen LogP contribution in [-0.2, 0) is 9.47 Å². The Morgan fingerprint density at radius 2 is 2.58 bits per heavy atom. The summed E-state index contributed by atoms with van der Waals surface area (Å²) in [6, 6.07) is 0. The molecule has 0 unspecified atom stereocenters. The smallest absolute Gasteiger partial charge is 0.360 e. The second-order valence-electron chi connectivity index (χ2n) is 2.36. The number of hydrogen-bond acceptors (Lipinski definition) is 6. The minimum atomic E-state index is -0.419. The lowest BCUT2D eigenvalue weighted by atomic mass is 10.3. The molecule has 1 saturated heterocycles. The zero-order valence-corrected chi connectivity index (χ0v) is 6.91. The van der Waals surface area contributed by atoms with Gasteiger partial charge in [-0.1, -0.05) is 0 Å². The molecule has 2 rings (SSSR count). The topological polar surface area (TPSA) is 61.3 Å².